The van der Waals surface area contributed by atoms with Gasteiger partial charge in [0.15, 0.2) is 0 Å². The molecule has 1 aliphatic rings. The molecular formula is C19H21N3O3. The van der Waals surface area contributed by atoms with Gasteiger partial charge in [-0.2, -0.15) is 0 Å². The van der Waals surface area contributed by atoms with Crippen LogP contribution >= 0.6 is 0 Å². The van der Waals surface area contributed by atoms with Crippen molar-refractivity contribution in [3.05, 3.63) is 68.8 Å². The van der Waals surface area contributed by atoms with Crippen LogP contribution in [0.1, 0.15) is 52.9 Å². The molecular weight excluding hydrogens is 318 g/mol. The smallest absolute Gasteiger partial charge is 0.293 e. The van der Waals surface area contributed by atoms with Crippen LogP contribution in [-0.4, -0.2) is 10.8 Å². The quantitative estimate of drug-likeness (QED) is 0.640. The molecule has 0 fully saturated rings. The number of anilines is 1. The molecule has 3 rings (SSSR count). The van der Waals surface area contributed by atoms with Crippen molar-refractivity contribution in [1.82, 2.24) is 0 Å². The number of carbonyl (C=O) groups is 1. The second-order valence-corrected chi connectivity index (χ2v) is 6.45. The molecule has 0 unspecified atom stereocenters. The number of amides is 1. The number of hydrogen-bond acceptors (Lipinski definition) is 4. The Morgan fingerprint density at radius 1 is 1.16 bits per heavy atom. The van der Waals surface area contributed by atoms with E-state index in [4.69, 9.17) is 5.73 Å². The molecule has 1 aliphatic carbocycles. The molecule has 0 bridgehead atoms. The van der Waals surface area contributed by atoms with Crippen molar-refractivity contribution in [2.24, 2.45) is 5.73 Å². The van der Waals surface area contributed by atoms with Crippen molar-refractivity contribution >= 4 is 17.3 Å². The fourth-order valence-corrected chi connectivity index (χ4v) is 3.30. The first-order valence-electron chi connectivity index (χ1n) is 8.42. The number of hydrogen-bond donors (Lipinski definition) is 2. The van der Waals surface area contributed by atoms with E-state index in [-0.39, 0.29) is 17.3 Å². The Labute approximate surface area is 146 Å². The molecule has 1 amide bonds. The van der Waals surface area contributed by atoms with Crippen molar-refractivity contribution in [2.45, 2.75) is 38.6 Å². The molecule has 6 heteroatoms. The molecule has 130 valence electrons. The van der Waals surface area contributed by atoms with E-state index in [1.165, 1.54) is 42.2 Å². The normalized spacial score (nSPS) is 14.4. The van der Waals surface area contributed by atoms with Crippen LogP contribution in [0.15, 0.2) is 36.4 Å². The second kappa shape index (κ2) is 6.93. The highest BCUT2D eigenvalue weighted by molar-refractivity contribution is 5.94. The van der Waals surface area contributed by atoms with E-state index < -0.39 is 10.8 Å². The summed E-state index contributed by atoms with van der Waals surface area (Å²) < 4.78 is 0. The van der Waals surface area contributed by atoms with Crippen LogP contribution in [0.5, 0.6) is 0 Å². The zero-order valence-corrected chi connectivity index (χ0v) is 14.1. The summed E-state index contributed by atoms with van der Waals surface area (Å²) >= 11 is 0. The maximum Gasteiger partial charge on any atom is 0.293 e. The lowest BCUT2D eigenvalue weighted by molar-refractivity contribution is -0.384. The van der Waals surface area contributed by atoms with E-state index in [9.17, 15) is 14.9 Å². The Bertz CT molecular complexity index is 833. The molecule has 2 aromatic rings. The molecule has 0 aromatic heterocycles. The lowest BCUT2D eigenvalue weighted by Gasteiger charge is -2.20. The molecule has 0 aliphatic heterocycles. The van der Waals surface area contributed by atoms with Crippen LogP contribution in [0.4, 0.5) is 11.4 Å². The largest absolute Gasteiger partial charge is 0.373 e. The Morgan fingerprint density at radius 3 is 2.56 bits per heavy atom. The van der Waals surface area contributed by atoms with Crippen LogP contribution < -0.4 is 11.1 Å². The Morgan fingerprint density at radius 2 is 1.88 bits per heavy atom. The molecule has 3 N–H and O–H groups in total. The fraction of sp³-hybridized carbons (Fsp3) is 0.316. The van der Waals surface area contributed by atoms with Gasteiger partial charge in [0.25, 0.3) is 5.69 Å². The second-order valence-electron chi connectivity index (χ2n) is 6.45. The predicted molar refractivity (Wildman–Crippen MR) is 96.7 cm³/mol. The highest BCUT2D eigenvalue weighted by atomic mass is 16.6. The van der Waals surface area contributed by atoms with E-state index in [0.717, 1.165) is 18.4 Å². The number of aryl methyl sites for hydroxylation is 2. The summed E-state index contributed by atoms with van der Waals surface area (Å²) in [4.78, 5) is 22.1. The van der Waals surface area contributed by atoms with E-state index in [1.54, 1.807) is 0 Å². The fourth-order valence-electron chi connectivity index (χ4n) is 3.30. The van der Waals surface area contributed by atoms with Gasteiger partial charge in [0, 0.05) is 17.7 Å². The van der Waals surface area contributed by atoms with Crippen molar-refractivity contribution in [3.8, 4) is 0 Å². The van der Waals surface area contributed by atoms with Gasteiger partial charge in [-0.3, -0.25) is 14.9 Å². The van der Waals surface area contributed by atoms with Crippen molar-refractivity contribution in [2.75, 3.05) is 5.32 Å². The maximum absolute atomic E-state index is 11.3. The van der Waals surface area contributed by atoms with Gasteiger partial charge in [-0.05, 0) is 61.4 Å². The molecule has 0 saturated carbocycles. The van der Waals surface area contributed by atoms with Crippen LogP contribution in [0.3, 0.4) is 0 Å². The maximum atomic E-state index is 11.3. The van der Waals surface area contributed by atoms with Gasteiger partial charge in [-0.25, -0.2) is 0 Å². The van der Waals surface area contributed by atoms with Crippen LogP contribution in [-0.2, 0) is 12.8 Å². The first-order chi connectivity index (χ1) is 12.0. The van der Waals surface area contributed by atoms with E-state index in [1.807, 2.05) is 6.92 Å². The number of nitrogens with two attached hydrogens (primary N) is 1. The Kier molecular flexibility index (Phi) is 4.70. The molecule has 25 heavy (non-hydrogen) atoms. The van der Waals surface area contributed by atoms with Crippen LogP contribution in [0.25, 0.3) is 0 Å². The number of primary amides is 1. The van der Waals surface area contributed by atoms with Gasteiger partial charge in [0.05, 0.1) is 4.92 Å². The van der Waals surface area contributed by atoms with Gasteiger partial charge in [0.1, 0.15) is 5.69 Å². The SMILES string of the molecule is C[C@@H](Nc1ccc(C(N)=O)cc1[N+](=O)[O-])c1ccc2c(c1)CCCC2. The molecule has 0 spiro atoms. The van der Waals surface area contributed by atoms with E-state index in [2.05, 4.69) is 23.5 Å². The third-order valence-electron chi connectivity index (χ3n) is 4.72. The topological polar surface area (TPSA) is 98.3 Å². The summed E-state index contributed by atoms with van der Waals surface area (Å²) in [5.41, 5.74) is 9.42. The lowest BCUT2D eigenvalue weighted by atomic mass is 9.89. The summed E-state index contributed by atoms with van der Waals surface area (Å²) in [5, 5.41) is 14.5. The monoisotopic (exact) mass is 339 g/mol. The number of nitrogens with zero attached hydrogens (tertiary/aromatic N) is 1. The van der Waals surface area contributed by atoms with Gasteiger partial charge in [-0.1, -0.05) is 18.2 Å². The van der Waals surface area contributed by atoms with Gasteiger partial charge < -0.3 is 11.1 Å². The number of nitro groups is 1. The third-order valence-corrected chi connectivity index (χ3v) is 4.72. The number of nitrogens with one attached hydrogen (secondary N) is 1. The molecule has 2 aromatic carbocycles. The highest BCUT2D eigenvalue weighted by Gasteiger charge is 2.19. The summed E-state index contributed by atoms with van der Waals surface area (Å²) in [7, 11) is 0. The van der Waals surface area contributed by atoms with Crippen molar-refractivity contribution in [1.29, 1.82) is 0 Å². The zero-order chi connectivity index (χ0) is 18.0. The standard InChI is InChI=1S/C19H21N3O3/c1-12(14-7-6-13-4-2-3-5-15(13)10-14)21-17-9-8-16(19(20)23)11-18(17)22(24)25/h6-12,21H,2-5H2,1H3,(H2,20,23)/t12-/m1/s1. The number of fused-ring (bicyclic) bond motifs is 1. The molecule has 1 atom stereocenters. The molecule has 0 radical (unpaired) electrons. The first kappa shape index (κ1) is 17.0. The average Bonchev–Trinajstić information content (AvgIpc) is 2.61. The minimum absolute atomic E-state index is 0.0923. The number of rotatable bonds is 5. The minimum Gasteiger partial charge on any atom is -0.373 e. The van der Waals surface area contributed by atoms with Gasteiger partial charge in [0.2, 0.25) is 5.91 Å². The summed E-state index contributed by atoms with van der Waals surface area (Å²) in [6.45, 7) is 1.97. The van der Waals surface area contributed by atoms with E-state index >= 15 is 0 Å². The zero-order valence-electron chi connectivity index (χ0n) is 14.1. The van der Waals surface area contributed by atoms with E-state index in [0.29, 0.717) is 5.69 Å². The molecule has 0 heterocycles. The van der Waals surface area contributed by atoms with Crippen LogP contribution in [0.2, 0.25) is 0 Å². The minimum atomic E-state index is -0.683. The first-order valence-corrected chi connectivity index (χ1v) is 8.42. The number of nitro benzene ring substituents is 1. The van der Waals surface area contributed by atoms with Crippen molar-refractivity contribution < 1.29 is 9.72 Å². The Hall–Kier alpha value is -2.89. The van der Waals surface area contributed by atoms with Crippen LogP contribution in [0, 0.1) is 10.1 Å². The molecule has 6 nitrogen and oxygen atoms in total. The van der Waals surface area contributed by atoms with Crippen molar-refractivity contribution in [3.63, 3.8) is 0 Å². The van der Waals surface area contributed by atoms with Gasteiger partial charge >= 0.3 is 0 Å². The highest BCUT2D eigenvalue weighted by Crippen LogP contribution is 2.31. The predicted octanol–water partition coefficient (Wildman–Crippen LogP) is 3.75. The summed E-state index contributed by atoms with van der Waals surface area (Å²) in [6, 6.07) is 10.6. The summed E-state index contributed by atoms with van der Waals surface area (Å²) in [6.07, 6.45) is 4.65. The molecule has 0 saturated heterocycles. The third kappa shape index (κ3) is 3.63. The Balaban J connectivity index is 1.86. The number of carbonyl (C=O) groups excluding carboxylic acids is 1. The lowest BCUT2D eigenvalue weighted by Crippen LogP contribution is -2.13. The summed E-state index contributed by atoms with van der Waals surface area (Å²) in [5.74, 6) is -0.683. The van der Waals surface area contributed by atoms with Gasteiger partial charge in [-0.15, -0.1) is 0 Å². The number of benzene rings is 2. The average molecular weight is 339 g/mol.